The molecule has 3 aromatic rings. The van der Waals surface area contributed by atoms with Crippen molar-refractivity contribution >= 4 is 27.1 Å². The summed E-state index contributed by atoms with van der Waals surface area (Å²) in [6.07, 6.45) is -2.81. The van der Waals surface area contributed by atoms with E-state index >= 15 is 0 Å². The molecule has 0 amide bonds. The number of hydrogen-bond acceptors (Lipinski definition) is 2. The molecule has 1 N–H and O–H groups in total. The van der Waals surface area contributed by atoms with Crippen LogP contribution in [0.1, 0.15) is 5.56 Å². The maximum atomic E-state index is 12.8. The zero-order valence-electron chi connectivity index (χ0n) is 9.87. The zero-order chi connectivity index (χ0) is 14.3. The van der Waals surface area contributed by atoms with Crippen LogP contribution in [0.15, 0.2) is 41.0 Å². The van der Waals surface area contributed by atoms with E-state index in [2.05, 4.69) is 30.9 Å². The van der Waals surface area contributed by atoms with Gasteiger partial charge in [-0.25, -0.2) is 9.97 Å². The van der Waals surface area contributed by atoms with Crippen molar-refractivity contribution in [3.05, 3.63) is 46.6 Å². The molecule has 1 aromatic carbocycles. The maximum absolute atomic E-state index is 12.8. The van der Waals surface area contributed by atoms with Crippen molar-refractivity contribution in [1.29, 1.82) is 0 Å². The lowest BCUT2D eigenvalue weighted by Gasteiger charge is -2.09. The Kier molecular flexibility index (Phi) is 3.01. The van der Waals surface area contributed by atoms with E-state index in [0.29, 0.717) is 27.0 Å². The van der Waals surface area contributed by atoms with Gasteiger partial charge in [0.2, 0.25) is 0 Å². The lowest BCUT2D eigenvalue weighted by molar-refractivity contribution is -0.137. The van der Waals surface area contributed by atoms with E-state index in [4.69, 9.17) is 0 Å². The molecule has 0 fully saturated rings. The van der Waals surface area contributed by atoms with E-state index in [1.807, 2.05) is 0 Å². The molecule has 2 heterocycles. The summed E-state index contributed by atoms with van der Waals surface area (Å²) in [5, 5.41) is 0. The van der Waals surface area contributed by atoms with Gasteiger partial charge in [-0.2, -0.15) is 13.2 Å². The lowest BCUT2D eigenvalue weighted by Crippen LogP contribution is -2.05. The number of nitrogens with zero attached hydrogens (tertiary/aromatic N) is 2. The number of hydrogen-bond donors (Lipinski definition) is 1. The fourth-order valence-electron chi connectivity index (χ4n) is 1.86. The molecule has 0 radical (unpaired) electrons. The van der Waals surface area contributed by atoms with Gasteiger partial charge in [-0.15, -0.1) is 0 Å². The second-order valence-electron chi connectivity index (χ2n) is 4.15. The second-order valence-corrected chi connectivity index (χ2v) is 5.01. The normalized spacial score (nSPS) is 12.0. The van der Waals surface area contributed by atoms with Crippen molar-refractivity contribution < 1.29 is 13.2 Å². The average Bonchev–Trinajstić information content (AvgIpc) is 2.81. The highest BCUT2D eigenvalue weighted by Crippen LogP contribution is 2.35. The average molecular weight is 342 g/mol. The van der Waals surface area contributed by atoms with E-state index in [-0.39, 0.29) is 0 Å². The molecule has 2 aromatic heterocycles. The Hall–Kier alpha value is -1.89. The molecule has 7 heteroatoms. The summed E-state index contributed by atoms with van der Waals surface area (Å²) in [5.41, 5.74) is 0.764. The Balaban J connectivity index is 2.17. The van der Waals surface area contributed by atoms with Gasteiger partial charge in [0.1, 0.15) is 5.82 Å². The predicted molar refractivity (Wildman–Crippen MR) is 72.0 cm³/mol. The summed E-state index contributed by atoms with van der Waals surface area (Å²) in [6, 6.07) is 6.93. The Labute approximate surface area is 120 Å². The molecule has 0 saturated heterocycles. The number of H-pyrrole nitrogens is 1. The first kappa shape index (κ1) is 13.1. The van der Waals surface area contributed by atoms with Crippen molar-refractivity contribution in [3.63, 3.8) is 0 Å². The van der Waals surface area contributed by atoms with Crippen molar-refractivity contribution in [1.82, 2.24) is 15.0 Å². The maximum Gasteiger partial charge on any atom is 0.416 e. The molecule has 0 saturated carbocycles. The van der Waals surface area contributed by atoms with Gasteiger partial charge >= 0.3 is 6.18 Å². The quantitative estimate of drug-likeness (QED) is 0.712. The smallest absolute Gasteiger partial charge is 0.337 e. The number of aromatic nitrogens is 3. The van der Waals surface area contributed by atoms with Crippen molar-refractivity contribution in [2.24, 2.45) is 0 Å². The van der Waals surface area contributed by atoms with Crippen LogP contribution in [0.2, 0.25) is 0 Å². The van der Waals surface area contributed by atoms with Gasteiger partial charge in [-0.1, -0.05) is 15.9 Å². The summed E-state index contributed by atoms with van der Waals surface area (Å²) in [7, 11) is 0. The first-order valence-corrected chi connectivity index (χ1v) is 6.42. The Morgan fingerprint density at radius 3 is 2.65 bits per heavy atom. The summed E-state index contributed by atoms with van der Waals surface area (Å²) in [6.45, 7) is 0. The topological polar surface area (TPSA) is 41.6 Å². The van der Waals surface area contributed by atoms with Crippen molar-refractivity contribution in [2.45, 2.75) is 6.18 Å². The van der Waals surface area contributed by atoms with E-state index in [1.54, 1.807) is 18.3 Å². The van der Waals surface area contributed by atoms with Gasteiger partial charge in [0.05, 0.1) is 11.1 Å². The van der Waals surface area contributed by atoms with Crippen LogP contribution in [-0.2, 0) is 6.18 Å². The highest BCUT2D eigenvalue weighted by Gasteiger charge is 2.31. The van der Waals surface area contributed by atoms with Gasteiger partial charge in [-0.3, -0.25) is 0 Å². The Morgan fingerprint density at radius 1 is 1.15 bits per heavy atom. The van der Waals surface area contributed by atoms with Gasteiger partial charge in [0, 0.05) is 16.2 Å². The summed E-state index contributed by atoms with van der Waals surface area (Å²) < 4.78 is 38.8. The van der Waals surface area contributed by atoms with Gasteiger partial charge in [0.25, 0.3) is 0 Å². The van der Waals surface area contributed by atoms with Crippen LogP contribution in [0.3, 0.4) is 0 Å². The third-order valence-corrected chi connectivity index (χ3v) is 3.50. The third-order valence-electron chi connectivity index (χ3n) is 2.81. The van der Waals surface area contributed by atoms with E-state index in [1.165, 1.54) is 6.07 Å². The molecule has 0 spiro atoms. The van der Waals surface area contributed by atoms with Crippen LogP contribution >= 0.6 is 15.9 Å². The zero-order valence-corrected chi connectivity index (χ0v) is 11.5. The number of fused-ring (bicyclic) bond motifs is 1. The molecular weight excluding hydrogens is 335 g/mol. The molecule has 20 heavy (non-hydrogen) atoms. The third kappa shape index (κ3) is 2.29. The molecule has 0 aliphatic rings. The molecule has 0 aliphatic carbocycles. The molecule has 3 nitrogen and oxygen atoms in total. The number of halogens is 4. The van der Waals surface area contributed by atoms with Crippen molar-refractivity contribution in [3.8, 4) is 11.4 Å². The number of aromatic amines is 1. The van der Waals surface area contributed by atoms with E-state index < -0.39 is 11.7 Å². The fourth-order valence-corrected chi connectivity index (χ4v) is 2.29. The first-order chi connectivity index (χ1) is 9.45. The lowest BCUT2D eigenvalue weighted by atomic mass is 10.1. The second kappa shape index (κ2) is 4.59. The van der Waals surface area contributed by atoms with Gasteiger partial charge in [0.15, 0.2) is 5.65 Å². The number of rotatable bonds is 1. The van der Waals surface area contributed by atoms with Crippen LogP contribution < -0.4 is 0 Å². The summed E-state index contributed by atoms with van der Waals surface area (Å²) >= 11 is 3.24. The molecule has 0 atom stereocenters. The number of imidazole rings is 1. The Morgan fingerprint density at radius 2 is 1.95 bits per heavy atom. The van der Waals surface area contributed by atoms with Crippen LogP contribution in [0, 0.1) is 0 Å². The van der Waals surface area contributed by atoms with Crippen LogP contribution in [-0.4, -0.2) is 15.0 Å². The van der Waals surface area contributed by atoms with Gasteiger partial charge < -0.3 is 4.98 Å². The molecular formula is C13H7BrF3N3. The Bertz CT molecular complexity index is 747. The SMILES string of the molecule is FC(F)(F)c1ccc(Br)c(-c2nc3ncccc3[nH]2)c1. The van der Waals surface area contributed by atoms with Crippen LogP contribution in [0.5, 0.6) is 0 Å². The first-order valence-electron chi connectivity index (χ1n) is 5.63. The molecule has 0 unspecified atom stereocenters. The minimum absolute atomic E-state index is 0.344. The number of alkyl halides is 3. The van der Waals surface area contributed by atoms with Crippen LogP contribution in [0.4, 0.5) is 13.2 Å². The number of nitrogens with one attached hydrogen (secondary N) is 1. The standard InChI is InChI=1S/C13H7BrF3N3/c14-9-4-3-7(13(15,16)17)6-8(9)11-19-10-2-1-5-18-12(10)20-11/h1-6H,(H,18,19,20). The molecule has 0 bridgehead atoms. The monoisotopic (exact) mass is 341 g/mol. The van der Waals surface area contributed by atoms with E-state index in [9.17, 15) is 13.2 Å². The number of benzene rings is 1. The summed E-state index contributed by atoms with van der Waals surface area (Å²) in [4.78, 5) is 11.2. The van der Waals surface area contributed by atoms with Crippen LogP contribution in [0.25, 0.3) is 22.6 Å². The fraction of sp³-hybridized carbons (Fsp3) is 0.0769. The highest BCUT2D eigenvalue weighted by molar-refractivity contribution is 9.10. The van der Waals surface area contributed by atoms with E-state index in [0.717, 1.165) is 12.1 Å². The van der Waals surface area contributed by atoms with Crippen molar-refractivity contribution in [2.75, 3.05) is 0 Å². The minimum atomic E-state index is -4.39. The molecule has 3 rings (SSSR count). The van der Waals surface area contributed by atoms with Gasteiger partial charge in [-0.05, 0) is 30.3 Å². The predicted octanol–water partition coefficient (Wildman–Crippen LogP) is 4.41. The number of pyridine rings is 1. The highest BCUT2D eigenvalue weighted by atomic mass is 79.9. The largest absolute Gasteiger partial charge is 0.416 e. The summed E-state index contributed by atoms with van der Waals surface area (Å²) in [5.74, 6) is 0.344. The minimum Gasteiger partial charge on any atom is -0.337 e. The molecule has 102 valence electrons. The molecule has 0 aliphatic heterocycles.